The van der Waals surface area contributed by atoms with E-state index < -0.39 is 0 Å². The minimum absolute atomic E-state index is 0.0122. The van der Waals surface area contributed by atoms with E-state index in [1.807, 2.05) is 30.9 Å². The largest absolute Gasteiger partial charge is 0.396 e. The molecule has 0 fully saturated rings. The number of nitrogens with one attached hydrogen (secondary N) is 1. The highest BCUT2D eigenvalue weighted by Crippen LogP contribution is 2.41. The van der Waals surface area contributed by atoms with E-state index in [1.165, 1.54) is 0 Å². The monoisotopic (exact) mass is 411 g/mol. The van der Waals surface area contributed by atoms with Crippen molar-refractivity contribution in [2.45, 2.75) is 6.54 Å². The van der Waals surface area contributed by atoms with Gasteiger partial charge in [-0.2, -0.15) is 16.9 Å². The van der Waals surface area contributed by atoms with Crippen LogP contribution in [0.5, 0.6) is 0 Å². The molecule has 0 aliphatic heterocycles. The van der Waals surface area contributed by atoms with Gasteiger partial charge in [0.1, 0.15) is 5.69 Å². The summed E-state index contributed by atoms with van der Waals surface area (Å²) in [5.41, 5.74) is 4.78. The Hall–Kier alpha value is -2.42. The maximum Gasteiger partial charge on any atom is 0.196 e. The Morgan fingerprint density at radius 3 is 2.86 bits per heavy atom. The van der Waals surface area contributed by atoms with E-state index in [0.717, 1.165) is 59.0 Å². The van der Waals surface area contributed by atoms with Crippen LogP contribution in [0.2, 0.25) is 0 Å². The lowest BCUT2D eigenvalue weighted by molar-refractivity contribution is 0.104. The predicted molar refractivity (Wildman–Crippen MR) is 118 cm³/mol. The number of hydrogen-bond acceptors (Lipinski definition) is 7. The predicted octanol–water partition coefficient (Wildman–Crippen LogP) is 2.34. The van der Waals surface area contributed by atoms with Crippen molar-refractivity contribution in [2.24, 2.45) is 0 Å². The van der Waals surface area contributed by atoms with Gasteiger partial charge in [0.15, 0.2) is 5.78 Å². The van der Waals surface area contributed by atoms with E-state index in [2.05, 4.69) is 15.2 Å². The summed E-state index contributed by atoms with van der Waals surface area (Å²) in [4.78, 5) is 19.7. The van der Waals surface area contributed by atoms with Crippen molar-refractivity contribution < 1.29 is 9.90 Å². The zero-order valence-electron chi connectivity index (χ0n) is 16.7. The van der Waals surface area contributed by atoms with Crippen molar-refractivity contribution in [2.75, 3.05) is 50.6 Å². The van der Waals surface area contributed by atoms with Crippen molar-refractivity contribution >= 4 is 34.1 Å². The van der Waals surface area contributed by atoms with E-state index in [-0.39, 0.29) is 12.4 Å². The molecule has 1 aliphatic rings. The van der Waals surface area contributed by atoms with Gasteiger partial charge >= 0.3 is 0 Å². The Morgan fingerprint density at radius 2 is 2.07 bits per heavy atom. The Kier molecular flexibility index (Phi) is 5.84. The molecule has 2 heterocycles. The summed E-state index contributed by atoms with van der Waals surface area (Å²) < 4.78 is 1.99. The zero-order valence-corrected chi connectivity index (χ0v) is 17.5. The highest BCUT2D eigenvalue weighted by Gasteiger charge is 2.31. The quantitative estimate of drug-likeness (QED) is 0.409. The van der Waals surface area contributed by atoms with Crippen molar-refractivity contribution in [1.29, 1.82) is 0 Å². The lowest BCUT2D eigenvalue weighted by Crippen LogP contribution is -2.19. The number of ketones is 1. The van der Waals surface area contributed by atoms with Crippen LogP contribution < -0.4 is 5.32 Å². The number of carbonyl (C=O) groups is 1. The number of hydrogen-bond donors (Lipinski definition) is 2. The summed E-state index contributed by atoms with van der Waals surface area (Å²) in [6, 6.07) is 5.80. The van der Waals surface area contributed by atoms with Crippen molar-refractivity contribution in [3.63, 3.8) is 0 Å². The molecule has 0 atom stereocenters. The molecule has 3 aromatic rings. The smallest absolute Gasteiger partial charge is 0.196 e. The molecule has 152 valence electrons. The fourth-order valence-corrected chi connectivity index (χ4v) is 4.23. The first-order valence-electron chi connectivity index (χ1n) is 9.71. The molecule has 0 bridgehead atoms. The number of aromatic nitrogens is 3. The molecule has 0 saturated carbocycles. The van der Waals surface area contributed by atoms with E-state index in [0.29, 0.717) is 11.1 Å². The third-order valence-electron chi connectivity index (χ3n) is 5.02. The molecule has 29 heavy (non-hydrogen) atoms. The summed E-state index contributed by atoms with van der Waals surface area (Å²) >= 11 is 1.68. The highest BCUT2D eigenvalue weighted by atomic mass is 32.2. The molecule has 7 nitrogen and oxygen atoms in total. The van der Waals surface area contributed by atoms with Crippen molar-refractivity contribution in [1.82, 2.24) is 19.7 Å². The molecule has 0 unspecified atom stereocenters. The van der Waals surface area contributed by atoms with Gasteiger partial charge in [-0.25, -0.2) is 0 Å². The number of pyridine rings is 1. The van der Waals surface area contributed by atoms with Gasteiger partial charge in [-0.3, -0.25) is 14.5 Å². The number of thioether (sulfide) groups is 1. The molecule has 0 radical (unpaired) electrons. The standard InChI is InChI=1S/C21H25N5O2S/c1-25(2)8-9-26-17-4-3-16(23-7-11-29-12-10-27)18-19(17)20(24-26)15-13-22-6-5-14(15)21(18)28/h3-6,13,23,27H,7-12H2,1-2H3. The molecule has 1 aromatic carbocycles. The van der Waals surface area contributed by atoms with Crippen LogP contribution in [0.3, 0.4) is 0 Å². The fourth-order valence-electron chi connectivity index (χ4n) is 3.65. The SMILES string of the molecule is CN(C)CCn1nc2c3c(c(NCCSCCO)ccc31)C(=O)c1ccncc1-2. The van der Waals surface area contributed by atoms with Crippen LogP contribution in [-0.2, 0) is 6.54 Å². The lowest BCUT2D eigenvalue weighted by atomic mass is 9.87. The Morgan fingerprint density at radius 1 is 1.21 bits per heavy atom. The summed E-state index contributed by atoms with van der Waals surface area (Å²) in [7, 11) is 4.07. The van der Waals surface area contributed by atoms with Gasteiger partial charge in [0.05, 0.1) is 24.2 Å². The van der Waals surface area contributed by atoms with Crippen LogP contribution in [0.4, 0.5) is 5.69 Å². The zero-order chi connectivity index (χ0) is 20.4. The van der Waals surface area contributed by atoms with Crippen LogP contribution in [-0.4, -0.2) is 75.9 Å². The first kappa shape index (κ1) is 19.9. The molecule has 0 amide bonds. The average molecular weight is 412 g/mol. The number of aliphatic hydroxyl groups is 1. The Balaban J connectivity index is 1.78. The second-order valence-corrected chi connectivity index (χ2v) is 8.50. The molecular formula is C21H25N5O2S. The number of nitrogens with zero attached hydrogens (tertiary/aromatic N) is 4. The molecule has 8 heteroatoms. The van der Waals surface area contributed by atoms with Gasteiger partial charge in [-0.05, 0) is 32.3 Å². The van der Waals surface area contributed by atoms with E-state index in [9.17, 15) is 4.79 Å². The third kappa shape index (κ3) is 3.75. The van der Waals surface area contributed by atoms with Crippen LogP contribution >= 0.6 is 11.8 Å². The second kappa shape index (κ2) is 8.52. The Labute approximate surface area is 174 Å². The maximum atomic E-state index is 13.4. The first-order valence-corrected chi connectivity index (χ1v) is 10.9. The average Bonchev–Trinajstić information content (AvgIpc) is 3.10. The van der Waals surface area contributed by atoms with Gasteiger partial charge in [0, 0.05) is 59.2 Å². The number of carbonyl (C=O) groups excluding carboxylic acids is 1. The van der Waals surface area contributed by atoms with Crippen LogP contribution in [0, 0.1) is 0 Å². The summed E-state index contributed by atoms with van der Waals surface area (Å²) in [5, 5.41) is 18.1. The molecule has 2 aromatic heterocycles. The van der Waals surface area contributed by atoms with E-state index in [4.69, 9.17) is 10.2 Å². The van der Waals surface area contributed by atoms with Crippen LogP contribution in [0.15, 0.2) is 30.6 Å². The molecule has 4 rings (SSSR count). The van der Waals surface area contributed by atoms with Gasteiger partial charge in [0.25, 0.3) is 0 Å². The van der Waals surface area contributed by atoms with Crippen molar-refractivity contribution in [3.8, 4) is 11.3 Å². The number of anilines is 1. The number of likely N-dealkylation sites (N-methyl/N-ethyl adjacent to an activating group) is 1. The number of rotatable bonds is 9. The molecule has 1 aliphatic carbocycles. The minimum atomic E-state index is 0.0122. The topological polar surface area (TPSA) is 83.3 Å². The van der Waals surface area contributed by atoms with Crippen LogP contribution in [0.1, 0.15) is 15.9 Å². The normalized spacial score (nSPS) is 12.6. The lowest BCUT2D eigenvalue weighted by Gasteiger charge is -2.18. The molecule has 0 spiro atoms. The van der Waals surface area contributed by atoms with Crippen LogP contribution in [0.25, 0.3) is 22.2 Å². The van der Waals surface area contributed by atoms with E-state index in [1.54, 1.807) is 30.2 Å². The van der Waals surface area contributed by atoms with E-state index >= 15 is 0 Å². The minimum Gasteiger partial charge on any atom is -0.396 e. The summed E-state index contributed by atoms with van der Waals surface area (Å²) in [5.74, 6) is 1.59. The Bertz CT molecular complexity index is 1050. The molecule has 2 N–H and O–H groups in total. The maximum absolute atomic E-state index is 13.4. The summed E-state index contributed by atoms with van der Waals surface area (Å²) in [6.07, 6.45) is 3.39. The second-order valence-electron chi connectivity index (χ2n) is 7.27. The fraction of sp³-hybridized carbons (Fsp3) is 0.381. The van der Waals surface area contributed by atoms with Gasteiger partial charge in [-0.15, -0.1) is 0 Å². The van der Waals surface area contributed by atoms with Gasteiger partial charge in [0.2, 0.25) is 0 Å². The molecule has 0 saturated heterocycles. The third-order valence-corrected chi connectivity index (χ3v) is 5.99. The van der Waals surface area contributed by atoms with Crippen molar-refractivity contribution in [3.05, 3.63) is 41.7 Å². The van der Waals surface area contributed by atoms with Gasteiger partial charge in [-0.1, -0.05) is 0 Å². The number of fused-ring (bicyclic) bond motifs is 2. The number of aliphatic hydroxyl groups excluding tert-OH is 1. The number of benzene rings is 1. The van der Waals surface area contributed by atoms with Gasteiger partial charge < -0.3 is 15.3 Å². The first-order chi connectivity index (χ1) is 14.1. The highest BCUT2D eigenvalue weighted by molar-refractivity contribution is 7.99. The molecular weight excluding hydrogens is 386 g/mol. The summed E-state index contributed by atoms with van der Waals surface area (Å²) in [6.45, 7) is 2.52.